The molecule has 1 N–H and O–H groups in total. The lowest BCUT2D eigenvalue weighted by molar-refractivity contribution is -0.118. The molecular formula is C18H24N4O2. The Morgan fingerprint density at radius 3 is 2.71 bits per heavy atom. The Hall–Kier alpha value is -2.18. The standard InChI is InChI=1S/C18H24N4O2/c1-14-12-22(15(2)16-6-4-3-5-7-16)20-18(14)19-17(23)13-21-8-10-24-11-9-21/h3-7,12,15H,8-11,13H2,1-2H3,(H,19,20,23). The van der Waals surface area contributed by atoms with Gasteiger partial charge >= 0.3 is 0 Å². The van der Waals surface area contributed by atoms with Gasteiger partial charge in [0.05, 0.1) is 25.8 Å². The zero-order chi connectivity index (χ0) is 16.9. The number of aryl methyl sites for hydroxylation is 1. The zero-order valence-electron chi connectivity index (χ0n) is 14.2. The van der Waals surface area contributed by atoms with Crippen molar-refractivity contribution in [1.82, 2.24) is 14.7 Å². The second-order valence-electron chi connectivity index (χ2n) is 6.16. The van der Waals surface area contributed by atoms with E-state index in [0.29, 0.717) is 25.6 Å². The van der Waals surface area contributed by atoms with Gasteiger partial charge in [-0.2, -0.15) is 5.10 Å². The van der Waals surface area contributed by atoms with Crippen LogP contribution in [0, 0.1) is 6.92 Å². The molecule has 1 unspecified atom stereocenters. The van der Waals surface area contributed by atoms with E-state index in [2.05, 4.69) is 34.4 Å². The Kier molecular flexibility index (Phi) is 5.27. The number of rotatable bonds is 5. The molecule has 0 radical (unpaired) electrons. The number of aromatic nitrogens is 2. The molecule has 0 spiro atoms. The number of ether oxygens (including phenoxy) is 1. The Balaban J connectivity index is 1.64. The molecule has 1 aromatic carbocycles. The molecule has 24 heavy (non-hydrogen) atoms. The van der Waals surface area contributed by atoms with Crippen molar-refractivity contribution in [3.8, 4) is 0 Å². The lowest BCUT2D eigenvalue weighted by atomic mass is 10.1. The van der Waals surface area contributed by atoms with Crippen LogP contribution in [0.15, 0.2) is 36.5 Å². The van der Waals surface area contributed by atoms with Gasteiger partial charge in [-0.15, -0.1) is 0 Å². The number of nitrogens with one attached hydrogen (secondary N) is 1. The van der Waals surface area contributed by atoms with E-state index in [1.807, 2.05) is 36.0 Å². The van der Waals surface area contributed by atoms with E-state index in [1.165, 1.54) is 5.56 Å². The normalized spacial score (nSPS) is 16.8. The van der Waals surface area contributed by atoms with E-state index in [9.17, 15) is 4.79 Å². The molecule has 6 heteroatoms. The number of hydrogen-bond acceptors (Lipinski definition) is 4. The van der Waals surface area contributed by atoms with Crippen LogP contribution in [0.2, 0.25) is 0 Å². The predicted molar refractivity (Wildman–Crippen MR) is 93.1 cm³/mol. The minimum absolute atomic E-state index is 0.0300. The van der Waals surface area contributed by atoms with Crippen LogP contribution >= 0.6 is 0 Å². The minimum Gasteiger partial charge on any atom is -0.379 e. The van der Waals surface area contributed by atoms with Crippen LogP contribution in [-0.4, -0.2) is 53.4 Å². The predicted octanol–water partition coefficient (Wildman–Crippen LogP) is 2.07. The lowest BCUT2D eigenvalue weighted by Crippen LogP contribution is -2.41. The van der Waals surface area contributed by atoms with Gasteiger partial charge in [0.25, 0.3) is 0 Å². The first kappa shape index (κ1) is 16.7. The highest BCUT2D eigenvalue weighted by molar-refractivity contribution is 5.91. The van der Waals surface area contributed by atoms with E-state index < -0.39 is 0 Å². The Labute approximate surface area is 142 Å². The molecule has 0 saturated carbocycles. The van der Waals surface area contributed by atoms with Gasteiger partial charge in [0.1, 0.15) is 0 Å². The number of anilines is 1. The maximum Gasteiger partial charge on any atom is 0.239 e. The van der Waals surface area contributed by atoms with Gasteiger partial charge in [0.2, 0.25) is 5.91 Å². The molecule has 1 saturated heterocycles. The van der Waals surface area contributed by atoms with Crippen LogP contribution in [-0.2, 0) is 9.53 Å². The zero-order valence-corrected chi connectivity index (χ0v) is 14.2. The van der Waals surface area contributed by atoms with E-state index in [0.717, 1.165) is 18.7 Å². The first-order valence-corrected chi connectivity index (χ1v) is 8.34. The van der Waals surface area contributed by atoms with Gasteiger partial charge in [-0.25, -0.2) is 0 Å². The van der Waals surface area contributed by atoms with Crippen LogP contribution in [0.4, 0.5) is 5.82 Å². The third kappa shape index (κ3) is 4.01. The lowest BCUT2D eigenvalue weighted by Gasteiger charge is -2.25. The van der Waals surface area contributed by atoms with Crippen LogP contribution in [0.3, 0.4) is 0 Å². The number of carbonyl (C=O) groups excluding carboxylic acids is 1. The molecule has 6 nitrogen and oxygen atoms in total. The number of hydrogen-bond donors (Lipinski definition) is 1. The number of carbonyl (C=O) groups is 1. The van der Waals surface area contributed by atoms with Crippen LogP contribution in [0.25, 0.3) is 0 Å². The number of nitrogens with zero attached hydrogens (tertiary/aromatic N) is 3. The molecule has 1 fully saturated rings. The van der Waals surface area contributed by atoms with Gasteiger partial charge in [-0.05, 0) is 19.4 Å². The average molecular weight is 328 g/mol. The van der Waals surface area contributed by atoms with Crippen molar-refractivity contribution in [2.45, 2.75) is 19.9 Å². The summed E-state index contributed by atoms with van der Waals surface area (Å²) in [6.07, 6.45) is 1.97. The molecule has 128 valence electrons. The number of benzene rings is 1. The van der Waals surface area contributed by atoms with Crippen molar-refractivity contribution < 1.29 is 9.53 Å². The fourth-order valence-corrected chi connectivity index (χ4v) is 2.82. The smallest absolute Gasteiger partial charge is 0.239 e. The second kappa shape index (κ2) is 7.59. The van der Waals surface area contributed by atoms with Crippen LogP contribution < -0.4 is 5.32 Å². The van der Waals surface area contributed by atoms with Crippen molar-refractivity contribution in [2.24, 2.45) is 0 Å². The molecule has 3 rings (SSSR count). The first-order chi connectivity index (χ1) is 11.6. The van der Waals surface area contributed by atoms with E-state index in [-0.39, 0.29) is 11.9 Å². The van der Waals surface area contributed by atoms with Gasteiger partial charge in [-0.1, -0.05) is 30.3 Å². The van der Waals surface area contributed by atoms with Crippen molar-refractivity contribution in [2.75, 3.05) is 38.2 Å². The molecule has 1 amide bonds. The monoisotopic (exact) mass is 328 g/mol. The largest absolute Gasteiger partial charge is 0.379 e. The van der Waals surface area contributed by atoms with Gasteiger partial charge in [-0.3, -0.25) is 14.4 Å². The summed E-state index contributed by atoms with van der Waals surface area (Å²) >= 11 is 0. The highest BCUT2D eigenvalue weighted by Gasteiger charge is 2.17. The van der Waals surface area contributed by atoms with Crippen LogP contribution in [0.5, 0.6) is 0 Å². The quantitative estimate of drug-likeness (QED) is 0.913. The highest BCUT2D eigenvalue weighted by atomic mass is 16.5. The van der Waals surface area contributed by atoms with E-state index in [1.54, 1.807) is 0 Å². The number of morpholine rings is 1. The Bertz CT molecular complexity index is 678. The fraction of sp³-hybridized carbons (Fsp3) is 0.444. The fourth-order valence-electron chi connectivity index (χ4n) is 2.82. The molecule has 2 aromatic rings. The third-order valence-corrected chi connectivity index (χ3v) is 4.32. The Morgan fingerprint density at radius 2 is 2.00 bits per heavy atom. The van der Waals surface area contributed by atoms with Gasteiger partial charge < -0.3 is 10.1 Å². The topological polar surface area (TPSA) is 59.4 Å². The van der Waals surface area contributed by atoms with E-state index in [4.69, 9.17) is 4.74 Å². The van der Waals surface area contributed by atoms with Crippen molar-refractivity contribution in [3.63, 3.8) is 0 Å². The first-order valence-electron chi connectivity index (χ1n) is 8.34. The summed E-state index contributed by atoms with van der Waals surface area (Å²) in [5.41, 5.74) is 2.15. The van der Waals surface area contributed by atoms with Gasteiger partial charge in [0.15, 0.2) is 5.82 Å². The molecule has 1 aromatic heterocycles. The Morgan fingerprint density at radius 1 is 1.29 bits per heavy atom. The van der Waals surface area contributed by atoms with Gasteiger partial charge in [0, 0.05) is 24.8 Å². The molecule has 0 aliphatic carbocycles. The summed E-state index contributed by atoms with van der Waals surface area (Å²) in [6.45, 7) is 7.42. The summed E-state index contributed by atoms with van der Waals surface area (Å²) in [5, 5.41) is 7.49. The third-order valence-electron chi connectivity index (χ3n) is 4.32. The van der Waals surface area contributed by atoms with Crippen LogP contribution in [0.1, 0.15) is 24.1 Å². The summed E-state index contributed by atoms with van der Waals surface area (Å²) in [7, 11) is 0. The molecule has 1 aliphatic heterocycles. The minimum atomic E-state index is -0.0300. The summed E-state index contributed by atoms with van der Waals surface area (Å²) in [6, 6.07) is 10.3. The number of amides is 1. The molecule has 1 aliphatic rings. The van der Waals surface area contributed by atoms with E-state index >= 15 is 0 Å². The molecule has 1 atom stereocenters. The average Bonchev–Trinajstić information content (AvgIpc) is 2.96. The van der Waals surface area contributed by atoms with Crippen molar-refractivity contribution >= 4 is 11.7 Å². The summed E-state index contributed by atoms with van der Waals surface area (Å²) < 4.78 is 7.20. The van der Waals surface area contributed by atoms with Crippen molar-refractivity contribution in [1.29, 1.82) is 0 Å². The SMILES string of the molecule is Cc1cn(C(C)c2ccccc2)nc1NC(=O)CN1CCOCC1. The molecule has 2 heterocycles. The highest BCUT2D eigenvalue weighted by Crippen LogP contribution is 2.20. The van der Waals surface area contributed by atoms with Crippen molar-refractivity contribution in [3.05, 3.63) is 47.7 Å². The maximum absolute atomic E-state index is 12.2. The summed E-state index contributed by atoms with van der Waals surface area (Å²) in [5.74, 6) is 0.605. The maximum atomic E-state index is 12.2. The summed E-state index contributed by atoms with van der Waals surface area (Å²) in [4.78, 5) is 14.3. The second-order valence-corrected chi connectivity index (χ2v) is 6.16. The molecular weight excluding hydrogens is 304 g/mol. The molecule has 0 bridgehead atoms.